The van der Waals surface area contributed by atoms with Gasteiger partial charge in [0, 0.05) is 43.5 Å². The van der Waals surface area contributed by atoms with Crippen molar-refractivity contribution in [2.24, 2.45) is 0 Å². The second kappa shape index (κ2) is 12.6. The van der Waals surface area contributed by atoms with Crippen LogP contribution in [-0.4, -0.2) is 49.4 Å². The Balaban J connectivity index is 1.60. The Labute approximate surface area is 195 Å². The van der Waals surface area contributed by atoms with E-state index in [1.54, 1.807) is 31.4 Å². The van der Waals surface area contributed by atoms with Gasteiger partial charge < -0.3 is 14.2 Å². The van der Waals surface area contributed by atoms with Gasteiger partial charge in [-0.05, 0) is 35.9 Å². The molecule has 1 aromatic heterocycles. The average molecular weight is 473 g/mol. The predicted octanol–water partition coefficient (Wildman–Crippen LogP) is 3.84. The van der Waals surface area contributed by atoms with Crippen molar-refractivity contribution in [2.45, 2.75) is 13.0 Å². The van der Waals surface area contributed by atoms with Gasteiger partial charge in [-0.1, -0.05) is 12.1 Å². The molecule has 2 aromatic carbocycles. The Hall–Kier alpha value is -3.63. The lowest BCUT2D eigenvalue weighted by molar-refractivity contribution is 0.0608. The van der Waals surface area contributed by atoms with Gasteiger partial charge in [0.1, 0.15) is 11.6 Å². The fourth-order valence-corrected chi connectivity index (χ4v) is 3.06. The van der Waals surface area contributed by atoms with Gasteiger partial charge in [-0.15, -0.1) is 0 Å². The van der Waals surface area contributed by atoms with Crippen molar-refractivity contribution < 1.29 is 27.8 Å². The predicted molar refractivity (Wildman–Crippen MR) is 122 cm³/mol. The smallest absolute Gasteiger partial charge is 0.411 e. The number of hydrogen-bond acceptors (Lipinski definition) is 6. The summed E-state index contributed by atoms with van der Waals surface area (Å²) in [4.78, 5) is 24.3. The van der Waals surface area contributed by atoms with Gasteiger partial charge in [0.25, 0.3) is 5.56 Å². The van der Waals surface area contributed by atoms with E-state index < -0.39 is 17.7 Å². The monoisotopic (exact) mass is 473 g/mol. The van der Waals surface area contributed by atoms with E-state index in [0.29, 0.717) is 37.5 Å². The Kier molecular flexibility index (Phi) is 9.24. The fraction of sp³-hybridized carbons (Fsp3) is 0.292. The second-order valence-electron chi connectivity index (χ2n) is 7.29. The van der Waals surface area contributed by atoms with E-state index in [9.17, 15) is 18.4 Å². The van der Waals surface area contributed by atoms with Gasteiger partial charge in [-0.3, -0.25) is 10.1 Å². The SMILES string of the molecule is COCCOCCCOC(=O)Nc1cccc(Cn2nc(-c3cc(F)cc(F)c3)ccc2=O)c1. The summed E-state index contributed by atoms with van der Waals surface area (Å²) in [5, 5.41) is 6.86. The number of hydrogen-bond donors (Lipinski definition) is 1. The van der Waals surface area contributed by atoms with Gasteiger partial charge in [-0.25, -0.2) is 18.3 Å². The summed E-state index contributed by atoms with van der Waals surface area (Å²) in [6, 6.07) is 12.6. The van der Waals surface area contributed by atoms with Crippen molar-refractivity contribution >= 4 is 11.8 Å². The fourth-order valence-electron chi connectivity index (χ4n) is 3.06. The van der Waals surface area contributed by atoms with Crippen LogP contribution in [0.25, 0.3) is 11.3 Å². The number of methoxy groups -OCH3 is 1. The van der Waals surface area contributed by atoms with E-state index in [4.69, 9.17) is 14.2 Å². The van der Waals surface area contributed by atoms with Crippen LogP contribution in [0.15, 0.2) is 59.4 Å². The minimum absolute atomic E-state index is 0.0911. The highest BCUT2D eigenvalue weighted by atomic mass is 19.1. The van der Waals surface area contributed by atoms with Gasteiger partial charge in [-0.2, -0.15) is 5.10 Å². The number of ether oxygens (including phenoxy) is 3. The molecule has 1 heterocycles. The zero-order chi connectivity index (χ0) is 24.3. The second-order valence-corrected chi connectivity index (χ2v) is 7.29. The zero-order valence-corrected chi connectivity index (χ0v) is 18.6. The third-order valence-electron chi connectivity index (χ3n) is 4.63. The lowest BCUT2D eigenvalue weighted by atomic mass is 10.1. The highest BCUT2D eigenvalue weighted by Crippen LogP contribution is 2.19. The van der Waals surface area contributed by atoms with Crippen LogP contribution in [-0.2, 0) is 20.8 Å². The molecule has 0 saturated heterocycles. The van der Waals surface area contributed by atoms with E-state index in [-0.39, 0.29) is 30.0 Å². The van der Waals surface area contributed by atoms with Crippen molar-refractivity contribution in [3.05, 3.63) is 82.1 Å². The Bertz CT molecular complexity index is 1150. The van der Waals surface area contributed by atoms with Gasteiger partial charge in [0.15, 0.2) is 0 Å². The summed E-state index contributed by atoms with van der Waals surface area (Å²) in [6.45, 7) is 1.73. The number of amides is 1. The molecule has 0 aliphatic heterocycles. The third-order valence-corrected chi connectivity index (χ3v) is 4.63. The molecular formula is C24H25F2N3O5. The van der Waals surface area contributed by atoms with Crippen molar-refractivity contribution in [2.75, 3.05) is 38.9 Å². The summed E-state index contributed by atoms with van der Waals surface area (Å²) >= 11 is 0. The van der Waals surface area contributed by atoms with Gasteiger partial charge >= 0.3 is 6.09 Å². The molecule has 34 heavy (non-hydrogen) atoms. The summed E-state index contributed by atoms with van der Waals surface area (Å²) in [7, 11) is 1.59. The first-order valence-corrected chi connectivity index (χ1v) is 10.6. The normalized spacial score (nSPS) is 10.8. The molecule has 0 aliphatic rings. The first kappa shape index (κ1) is 25.0. The number of anilines is 1. The van der Waals surface area contributed by atoms with E-state index >= 15 is 0 Å². The Morgan fingerprint density at radius 1 is 1.00 bits per heavy atom. The molecule has 8 nitrogen and oxygen atoms in total. The molecule has 3 aromatic rings. The van der Waals surface area contributed by atoms with Gasteiger partial charge in [0.2, 0.25) is 0 Å². The van der Waals surface area contributed by atoms with Crippen LogP contribution in [0.3, 0.4) is 0 Å². The maximum Gasteiger partial charge on any atom is 0.411 e. The molecule has 0 atom stereocenters. The summed E-state index contributed by atoms with van der Waals surface area (Å²) in [5.41, 5.74) is 1.25. The molecule has 10 heteroatoms. The number of nitrogens with one attached hydrogen (secondary N) is 1. The van der Waals surface area contributed by atoms with Crippen molar-refractivity contribution in [1.29, 1.82) is 0 Å². The highest BCUT2D eigenvalue weighted by molar-refractivity contribution is 5.84. The van der Waals surface area contributed by atoms with Crippen molar-refractivity contribution in [1.82, 2.24) is 9.78 Å². The van der Waals surface area contributed by atoms with Crippen LogP contribution in [0.4, 0.5) is 19.3 Å². The van der Waals surface area contributed by atoms with E-state index in [0.717, 1.165) is 18.2 Å². The van der Waals surface area contributed by atoms with E-state index in [1.165, 1.54) is 16.8 Å². The highest BCUT2D eigenvalue weighted by Gasteiger charge is 2.09. The first-order valence-electron chi connectivity index (χ1n) is 10.6. The number of rotatable bonds is 11. The number of carbonyl (C=O) groups excluding carboxylic acids is 1. The quantitative estimate of drug-likeness (QED) is 0.426. The topological polar surface area (TPSA) is 91.7 Å². The van der Waals surface area contributed by atoms with Gasteiger partial charge in [0.05, 0.1) is 32.1 Å². The molecule has 0 radical (unpaired) electrons. The number of halogens is 2. The number of carbonyl (C=O) groups is 1. The lowest BCUT2D eigenvalue weighted by Crippen LogP contribution is -2.23. The maximum absolute atomic E-state index is 13.6. The van der Waals surface area contributed by atoms with Crippen LogP contribution < -0.4 is 10.9 Å². The lowest BCUT2D eigenvalue weighted by Gasteiger charge is -2.10. The molecule has 0 aliphatic carbocycles. The average Bonchev–Trinajstić information content (AvgIpc) is 2.79. The summed E-state index contributed by atoms with van der Waals surface area (Å²) in [6.07, 6.45) is -0.0587. The maximum atomic E-state index is 13.6. The Morgan fingerprint density at radius 3 is 2.56 bits per heavy atom. The first-order chi connectivity index (χ1) is 16.4. The molecular weight excluding hydrogens is 448 g/mol. The summed E-state index contributed by atoms with van der Waals surface area (Å²) < 4.78 is 43.6. The molecule has 180 valence electrons. The molecule has 0 saturated carbocycles. The Morgan fingerprint density at radius 2 is 1.79 bits per heavy atom. The molecule has 1 amide bonds. The van der Waals surface area contributed by atoms with Crippen molar-refractivity contribution in [3.63, 3.8) is 0 Å². The number of nitrogens with zero attached hydrogens (tertiary/aromatic N) is 2. The van der Waals surface area contributed by atoms with Crippen LogP contribution in [0.1, 0.15) is 12.0 Å². The minimum Gasteiger partial charge on any atom is -0.449 e. The van der Waals surface area contributed by atoms with Crippen molar-refractivity contribution in [3.8, 4) is 11.3 Å². The largest absolute Gasteiger partial charge is 0.449 e. The zero-order valence-electron chi connectivity index (χ0n) is 18.6. The third kappa shape index (κ3) is 7.75. The molecule has 0 spiro atoms. The number of aromatic nitrogens is 2. The number of benzene rings is 2. The van der Waals surface area contributed by atoms with Crippen LogP contribution in [0.5, 0.6) is 0 Å². The standard InChI is InChI=1S/C24H25F2N3O5/c1-32-10-11-33-8-3-9-34-24(31)27-21-5-2-4-17(12-21)16-29-23(30)7-6-22(28-29)18-13-19(25)15-20(26)14-18/h2,4-7,12-15H,3,8-11,16H2,1H3,(H,27,31). The minimum atomic E-state index is -0.737. The molecule has 0 unspecified atom stereocenters. The molecule has 0 fully saturated rings. The van der Waals surface area contributed by atoms with Crippen LogP contribution in [0, 0.1) is 11.6 Å². The molecule has 3 rings (SSSR count). The summed E-state index contributed by atoms with van der Waals surface area (Å²) in [5.74, 6) is -1.47. The molecule has 1 N–H and O–H groups in total. The molecule has 0 bridgehead atoms. The van der Waals surface area contributed by atoms with E-state index in [1.807, 2.05) is 0 Å². The van der Waals surface area contributed by atoms with Crippen LogP contribution >= 0.6 is 0 Å². The van der Waals surface area contributed by atoms with Crippen LogP contribution in [0.2, 0.25) is 0 Å². The van der Waals surface area contributed by atoms with E-state index in [2.05, 4.69) is 10.4 Å².